The van der Waals surface area contributed by atoms with Crippen molar-refractivity contribution < 1.29 is 9.59 Å². The first-order chi connectivity index (χ1) is 12.0. The molecule has 1 fully saturated rings. The van der Waals surface area contributed by atoms with Crippen LogP contribution < -0.4 is 0 Å². The van der Waals surface area contributed by atoms with E-state index in [-0.39, 0.29) is 11.8 Å². The molecule has 1 aliphatic rings. The Kier molecular flexibility index (Phi) is 5.43. The first-order valence-electron chi connectivity index (χ1n) is 8.46. The van der Waals surface area contributed by atoms with Gasteiger partial charge in [0.2, 0.25) is 5.91 Å². The molecule has 1 aromatic heterocycles. The Morgan fingerprint density at radius 1 is 1.00 bits per heavy atom. The Morgan fingerprint density at radius 3 is 2.36 bits per heavy atom. The van der Waals surface area contributed by atoms with Crippen molar-refractivity contribution in [3.05, 3.63) is 58.9 Å². The van der Waals surface area contributed by atoms with Gasteiger partial charge in [-0.1, -0.05) is 11.6 Å². The molecule has 0 N–H and O–H groups in total. The standard InChI is InChI=1S/C19H22ClN3O2/c1-21-10-7-15(14-21)13-18(24)22-8-2-9-23(12-11-22)19(25)16-3-5-17(20)6-4-16/h3-7,10,14H,2,8-9,11-13H2,1H3. The number of hydrogen-bond donors (Lipinski definition) is 0. The molecule has 0 spiro atoms. The lowest BCUT2D eigenvalue weighted by Crippen LogP contribution is -2.37. The number of hydrogen-bond acceptors (Lipinski definition) is 2. The van der Waals surface area contributed by atoms with Gasteiger partial charge in [-0.3, -0.25) is 9.59 Å². The van der Waals surface area contributed by atoms with Crippen molar-refractivity contribution in [2.45, 2.75) is 12.8 Å². The van der Waals surface area contributed by atoms with Gasteiger partial charge < -0.3 is 14.4 Å². The molecule has 0 bridgehead atoms. The monoisotopic (exact) mass is 359 g/mol. The molecule has 2 amide bonds. The van der Waals surface area contributed by atoms with Crippen LogP contribution in [0.1, 0.15) is 22.3 Å². The van der Waals surface area contributed by atoms with Crippen molar-refractivity contribution in [2.75, 3.05) is 26.2 Å². The molecule has 1 saturated heterocycles. The van der Waals surface area contributed by atoms with Crippen LogP contribution in [0, 0.1) is 0 Å². The summed E-state index contributed by atoms with van der Waals surface area (Å²) in [4.78, 5) is 28.8. The summed E-state index contributed by atoms with van der Waals surface area (Å²) < 4.78 is 1.94. The summed E-state index contributed by atoms with van der Waals surface area (Å²) in [5, 5.41) is 0.616. The average molecular weight is 360 g/mol. The van der Waals surface area contributed by atoms with E-state index in [1.165, 1.54) is 0 Å². The molecule has 2 aromatic rings. The maximum Gasteiger partial charge on any atom is 0.253 e. The van der Waals surface area contributed by atoms with Crippen molar-refractivity contribution in [1.82, 2.24) is 14.4 Å². The second-order valence-corrected chi connectivity index (χ2v) is 6.83. The van der Waals surface area contributed by atoms with E-state index in [1.54, 1.807) is 24.3 Å². The summed E-state index contributed by atoms with van der Waals surface area (Å²) in [5.41, 5.74) is 1.65. The largest absolute Gasteiger partial charge is 0.357 e. The molecule has 25 heavy (non-hydrogen) atoms. The van der Waals surface area contributed by atoms with Crippen LogP contribution in [0.15, 0.2) is 42.7 Å². The van der Waals surface area contributed by atoms with Crippen LogP contribution in [0.2, 0.25) is 5.02 Å². The number of aromatic nitrogens is 1. The van der Waals surface area contributed by atoms with Gasteiger partial charge >= 0.3 is 0 Å². The number of halogens is 1. The zero-order chi connectivity index (χ0) is 17.8. The van der Waals surface area contributed by atoms with E-state index in [2.05, 4.69) is 0 Å². The first kappa shape index (κ1) is 17.5. The summed E-state index contributed by atoms with van der Waals surface area (Å²) in [6.45, 7) is 2.49. The van der Waals surface area contributed by atoms with E-state index in [0.717, 1.165) is 12.0 Å². The molecule has 1 aromatic carbocycles. The highest BCUT2D eigenvalue weighted by Crippen LogP contribution is 2.14. The van der Waals surface area contributed by atoms with Crippen LogP contribution in [0.5, 0.6) is 0 Å². The number of rotatable bonds is 3. The van der Waals surface area contributed by atoms with Gasteiger partial charge in [-0.15, -0.1) is 0 Å². The van der Waals surface area contributed by atoms with Gasteiger partial charge in [0.15, 0.2) is 0 Å². The van der Waals surface area contributed by atoms with E-state index in [9.17, 15) is 9.59 Å². The summed E-state index contributed by atoms with van der Waals surface area (Å²) >= 11 is 5.88. The van der Waals surface area contributed by atoms with Crippen molar-refractivity contribution in [1.29, 1.82) is 0 Å². The Bertz CT molecular complexity index is 754. The van der Waals surface area contributed by atoms with E-state index in [1.807, 2.05) is 39.9 Å². The minimum atomic E-state index is -0.00553. The maximum atomic E-state index is 12.6. The Hall–Kier alpha value is -2.27. The van der Waals surface area contributed by atoms with Gasteiger partial charge in [-0.2, -0.15) is 0 Å². The number of carbonyl (C=O) groups excluding carboxylic acids is 2. The third kappa shape index (κ3) is 4.42. The van der Waals surface area contributed by atoms with Crippen molar-refractivity contribution >= 4 is 23.4 Å². The Balaban J connectivity index is 1.59. The zero-order valence-electron chi connectivity index (χ0n) is 14.3. The van der Waals surface area contributed by atoms with Gasteiger partial charge in [0.05, 0.1) is 6.42 Å². The molecule has 132 valence electrons. The van der Waals surface area contributed by atoms with E-state index >= 15 is 0 Å². The van der Waals surface area contributed by atoms with Crippen molar-refractivity contribution in [3.8, 4) is 0 Å². The maximum absolute atomic E-state index is 12.6. The molecule has 1 aliphatic heterocycles. The molecule has 5 nitrogen and oxygen atoms in total. The van der Waals surface area contributed by atoms with Crippen LogP contribution >= 0.6 is 11.6 Å². The summed E-state index contributed by atoms with van der Waals surface area (Å²) in [6, 6.07) is 8.90. The van der Waals surface area contributed by atoms with Crippen LogP contribution in [0.4, 0.5) is 0 Å². The number of nitrogens with zero attached hydrogens (tertiary/aromatic N) is 3. The summed E-state index contributed by atoms with van der Waals surface area (Å²) in [7, 11) is 1.94. The van der Waals surface area contributed by atoms with Crippen LogP contribution in [0.3, 0.4) is 0 Å². The van der Waals surface area contributed by atoms with Gasteiger partial charge in [0.25, 0.3) is 5.91 Å². The fourth-order valence-electron chi connectivity index (χ4n) is 3.10. The zero-order valence-corrected chi connectivity index (χ0v) is 15.1. The molecule has 2 heterocycles. The number of aryl methyl sites for hydroxylation is 1. The molecule has 0 unspecified atom stereocenters. The van der Waals surface area contributed by atoms with Gasteiger partial charge in [0.1, 0.15) is 0 Å². The topological polar surface area (TPSA) is 45.6 Å². The predicted octanol–water partition coefficient (Wildman–Crippen LogP) is 2.60. The highest BCUT2D eigenvalue weighted by Gasteiger charge is 2.23. The highest BCUT2D eigenvalue weighted by atomic mass is 35.5. The smallest absolute Gasteiger partial charge is 0.253 e. The summed E-state index contributed by atoms with van der Waals surface area (Å²) in [6.07, 6.45) is 5.11. The molecule has 0 aliphatic carbocycles. The summed E-state index contributed by atoms with van der Waals surface area (Å²) in [5.74, 6) is 0.112. The lowest BCUT2D eigenvalue weighted by molar-refractivity contribution is -0.130. The van der Waals surface area contributed by atoms with Crippen LogP contribution in [-0.4, -0.2) is 52.4 Å². The SMILES string of the molecule is Cn1ccc(CC(=O)N2CCCN(C(=O)c3ccc(Cl)cc3)CC2)c1. The van der Waals surface area contributed by atoms with Crippen LogP contribution in [-0.2, 0) is 18.3 Å². The van der Waals surface area contributed by atoms with Gasteiger partial charge in [-0.25, -0.2) is 0 Å². The molecular formula is C19H22ClN3O2. The third-order valence-corrected chi connectivity index (χ3v) is 4.73. The predicted molar refractivity (Wildman–Crippen MR) is 97.7 cm³/mol. The molecular weight excluding hydrogens is 338 g/mol. The van der Waals surface area contributed by atoms with E-state index < -0.39 is 0 Å². The second kappa shape index (κ2) is 7.74. The van der Waals surface area contributed by atoms with Crippen LogP contribution in [0.25, 0.3) is 0 Å². The lowest BCUT2D eigenvalue weighted by Gasteiger charge is -2.22. The quantitative estimate of drug-likeness (QED) is 0.845. The number of benzene rings is 1. The Morgan fingerprint density at radius 2 is 1.68 bits per heavy atom. The third-order valence-electron chi connectivity index (χ3n) is 4.48. The van der Waals surface area contributed by atoms with Crippen molar-refractivity contribution in [2.24, 2.45) is 7.05 Å². The normalized spacial score (nSPS) is 15.1. The molecule has 6 heteroatoms. The fourth-order valence-corrected chi connectivity index (χ4v) is 3.22. The fraction of sp³-hybridized carbons (Fsp3) is 0.368. The highest BCUT2D eigenvalue weighted by molar-refractivity contribution is 6.30. The van der Waals surface area contributed by atoms with Crippen molar-refractivity contribution in [3.63, 3.8) is 0 Å². The molecule has 0 saturated carbocycles. The van der Waals surface area contributed by atoms with Gasteiger partial charge in [0, 0.05) is 56.2 Å². The molecule has 0 radical (unpaired) electrons. The van der Waals surface area contributed by atoms with E-state index in [0.29, 0.717) is 43.2 Å². The minimum Gasteiger partial charge on any atom is -0.357 e. The Labute approximate surface area is 152 Å². The minimum absolute atomic E-state index is 0.00553. The average Bonchev–Trinajstić information content (AvgIpc) is 2.86. The molecule has 3 rings (SSSR count). The number of amides is 2. The second-order valence-electron chi connectivity index (χ2n) is 6.40. The van der Waals surface area contributed by atoms with Gasteiger partial charge in [-0.05, 0) is 42.3 Å². The first-order valence-corrected chi connectivity index (χ1v) is 8.84. The van der Waals surface area contributed by atoms with E-state index in [4.69, 9.17) is 11.6 Å². The molecule has 0 atom stereocenters. The lowest BCUT2D eigenvalue weighted by atomic mass is 10.2. The number of carbonyl (C=O) groups is 2.